The summed E-state index contributed by atoms with van der Waals surface area (Å²) in [7, 11) is 2.13. The Balaban J connectivity index is 1.83. The Labute approximate surface area is 133 Å². The number of likely N-dealkylation sites (tertiary alicyclic amines) is 1. The molecule has 2 aromatic rings. The molecule has 124 valence electrons. The van der Waals surface area contributed by atoms with Crippen LogP contribution < -0.4 is 0 Å². The van der Waals surface area contributed by atoms with Crippen LogP contribution in [0.2, 0.25) is 0 Å². The molecule has 0 spiro atoms. The molecule has 23 heavy (non-hydrogen) atoms. The summed E-state index contributed by atoms with van der Waals surface area (Å²) in [5.41, 5.74) is 2.55. The minimum Gasteiger partial charge on any atom is -0.358 e. The van der Waals surface area contributed by atoms with Crippen molar-refractivity contribution in [3.63, 3.8) is 0 Å². The van der Waals surface area contributed by atoms with E-state index in [4.69, 9.17) is 0 Å². The molecule has 1 aliphatic carbocycles. The molecule has 1 aromatic carbocycles. The third-order valence-electron chi connectivity index (χ3n) is 5.82. The summed E-state index contributed by atoms with van der Waals surface area (Å²) in [6.07, 6.45) is -2.15. The molecule has 0 unspecified atom stereocenters. The van der Waals surface area contributed by atoms with Crippen molar-refractivity contribution in [1.82, 2.24) is 9.88 Å². The number of H-pyrrole nitrogens is 1. The highest BCUT2D eigenvalue weighted by Gasteiger charge is 2.39. The first-order valence-corrected chi connectivity index (χ1v) is 8.25. The second kappa shape index (κ2) is 5.00. The van der Waals surface area contributed by atoms with Gasteiger partial charge in [-0.3, -0.25) is 0 Å². The van der Waals surface area contributed by atoms with Crippen LogP contribution in [0.4, 0.5) is 13.2 Å². The van der Waals surface area contributed by atoms with E-state index in [1.54, 1.807) is 6.07 Å². The van der Waals surface area contributed by atoms with Crippen LogP contribution in [0.1, 0.15) is 36.1 Å². The fourth-order valence-corrected chi connectivity index (χ4v) is 4.62. The SMILES string of the molecule is C[C@H]1c2c([nH]c3ccc(C(F)(F)F)cc23)C[C@H]2CCN(C)C[C@@H]21. The molecule has 3 atom stereocenters. The lowest BCUT2D eigenvalue weighted by atomic mass is 9.68. The van der Waals surface area contributed by atoms with Crippen LogP contribution in [0.3, 0.4) is 0 Å². The highest BCUT2D eigenvalue weighted by Crippen LogP contribution is 2.46. The summed E-state index contributed by atoms with van der Waals surface area (Å²) in [4.78, 5) is 5.73. The van der Waals surface area contributed by atoms with Crippen LogP contribution in [0, 0.1) is 11.8 Å². The third-order valence-corrected chi connectivity index (χ3v) is 5.82. The van der Waals surface area contributed by atoms with Gasteiger partial charge in [-0.1, -0.05) is 6.92 Å². The van der Waals surface area contributed by atoms with Crippen molar-refractivity contribution in [1.29, 1.82) is 0 Å². The molecule has 4 rings (SSSR count). The van der Waals surface area contributed by atoms with E-state index < -0.39 is 11.7 Å². The fourth-order valence-electron chi connectivity index (χ4n) is 4.62. The molecule has 2 aliphatic rings. The monoisotopic (exact) mass is 322 g/mol. The first-order chi connectivity index (χ1) is 10.8. The maximum absolute atomic E-state index is 13.1. The van der Waals surface area contributed by atoms with E-state index in [9.17, 15) is 13.2 Å². The smallest absolute Gasteiger partial charge is 0.358 e. The molecule has 0 bridgehead atoms. The predicted molar refractivity (Wildman–Crippen MR) is 84.5 cm³/mol. The molecule has 1 aromatic heterocycles. The molecule has 1 N–H and O–H groups in total. The number of benzene rings is 1. The number of hydrogen-bond donors (Lipinski definition) is 1. The third kappa shape index (κ3) is 2.36. The van der Waals surface area contributed by atoms with E-state index >= 15 is 0 Å². The van der Waals surface area contributed by atoms with Gasteiger partial charge in [-0.25, -0.2) is 0 Å². The molecule has 2 heterocycles. The number of alkyl halides is 3. The van der Waals surface area contributed by atoms with Gasteiger partial charge in [-0.15, -0.1) is 0 Å². The molecule has 5 heteroatoms. The normalized spacial score (nSPS) is 28.7. The van der Waals surface area contributed by atoms with Gasteiger partial charge in [-0.2, -0.15) is 13.2 Å². The standard InChI is InChI=1S/C18H21F3N2/c1-10-14-9-23(2)6-5-11(14)7-16-17(10)13-8-12(18(19,20)21)3-4-15(13)22-16/h3-4,8,10-11,14,22H,5-7,9H2,1-2H3/t10-,11-,14-/m1/s1. The van der Waals surface area contributed by atoms with Gasteiger partial charge in [0.15, 0.2) is 0 Å². The van der Waals surface area contributed by atoms with E-state index in [-0.39, 0.29) is 0 Å². The van der Waals surface area contributed by atoms with Crippen LogP contribution in [0.25, 0.3) is 10.9 Å². The van der Waals surface area contributed by atoms with Crippen molar-refractivity contribution in [2.45, 2.75) is 31.9 Å². The van der Waals surface area contributed by atoms with Gasteiger partial charge in [0.2, 0.25) is 0 Å². The van der Waals surface area contributed by atoms with Crippen molar-refractivity contribution in [2.75, 3.05) is 20.1 Å². The average molecular weight is 322 g/mol. The van der Waals surface area contributed by atoms with E-state index in [1.165, 1.54) is 18.6 Å². The van der Waals surface area contributed by atoms with Gasteiger partial charge in [0.1, 0.15) is 0 Å². The topological polar surface area (TPSA) is 19.0 Å². The summed E-state index contributed by atoms with van der Waals surface area (Å²) in [6, 6.07) is 4.09. The van der Waals surface area contributed by atoms with Crippen molar-refractivity contribution in [3.8, 4) is 0 Å². The number of aromatic amines is 1. The number of nitrogens with one attached hydrogen (secondary N) is 1. The molecule has 0 amide bonds. The van der Waals surface area contributed by atoms with Crippen molar-refractivity contribution in [3.05, 3.63) is 35.0 Å². The molecular weight excluding hydrogens is 301 g/mol. The van der Waals surface area contributed by atoms with Crippen LogP contribution in [0.15, 0.2) is 18.2 Å². The Kier molecular flexibility index (Phi) is 3.28. The van der Waals surface area contributed by atoms with Crippen LogP contribution in [-0.4, -0.2) is 30.0 Å². The van der Waals surface area contributed by atoms with Gasteiger partial charge in [-0.05, 0) is 68.0 Å². The summed E-state index contributed by atoms with van der Waals surface area (Å²) in [6.45, 7) is 4.33. The number of halogens is 3. The van der Waals surface area contributed by atoms with E-state index in [2.05, 4.69) is 23.9 Å². The maximum atomic E-state index is 13.1. The largest absolute Gasteiger partial charge is 0.416 e. The summed E-state index contributed by atoms with van der Waals surface area (Å²) in [5, 5.41) is 0.758. The van der Waals surface area contributed by atoms with Crippen molar-refractivity contribution in [2.24, 2.45) is 11.8 Å². The molecule has 2 nitrogen and oxygen atoms in total. The van der Waals surface area contributed by atoms with Gasteiger partial charge in [0.05, 0.1) is 5.56 Å². The molecule has 1 fully saturated rings. The Bertz CT molecular complexity index is 747. The number of nitrogens with zero attached hydrogens (tertiary/aromatic N) is 1. The number of rotatable bonds is 0. The maximum Gasteiger partial charge on any atom is 0.416 e. The quantitative estimate of drug-likeness (QED) is 0.761. The number of piperidine rings is 1. The summed E-state index contributed by atoms with van der Waals surface area (Å²) >= 11 is 0. The minimum absolute atomic E-state index is 0.295. The van der Waals surface area contributed by atoms with Gasteiger partial charge < -0.3 is 9.88 Å². The zero-order valence-corrected chi connectivity index (χ0v) is 13.4. The van der Waals surface area contributed by atoms with Crippen molar-refractivity contribution >= 4 is 10.9 Å². The fraction of sp³-hybridized carbons (Fsp3) is 0.556. The van der Waals surface area contributed by atoms with Crippen molar-refractivity contribution < 1.29 is 13.2 Å². The lowest BCUT2D eigenvalue weighted by Crippen LogP contribution is -2.43. The molecule has 0 radical (unpaired) electrons. The Morgan fingerprint density at radius 3 is 2.78 bits per heavy atom. The predicted octanol–water partition coefficient (Wildman–Crippen LogP) is 4.41. The number of hydrogen-bond acceptors (Lipinski definition) is 1. The zero-order valence-electron chi connectivity index (χ0n) is 13.4. The number of aromatic nitrogens is 1. The average Bonchev–Trinajstić information content (AvgIpc) is 2.85. The number of fused-ring (bicyclic) bond motifs is 4. The highest BCUT2D eigenvalue weighted by atomic mass is 19.4. The minimum atomic E-state index is -4.29. The van der Waals surface area contributed by atoms with Crippen LogP contribution in [-0.2, 0) is 12.6 Å². The molecule has 1 aliphatic heterocycles. The van der Waals surface area contributed by atoms with Crippen LogP contribution in [0.5, 0.6) is 0 Å². The second-order valence-corrected chi connectivity index (χ2v) is 7.24. The molecular formula is C18H21F3N2. The molecule has 0 saturated carbocycles. The van der Waals surface area contributed by atoms with Crippen LogP contribution >= 0.6 is 0 Å². The van der Waals surface area contributed by atoms with E-state index in [0.29, 0.717) is 17.8 Å². The lowest BCUT2D eigenvalue weighted by Gasteiger charge is -2.43. The van der Waals surface area contributed by atoms with Gasteiger partial charge in [0.25, 0.3) is 0 Å². The Morgan fingerprint density at radius 1 is 1.26 bits per heavy atom. The Morgan fingerprint density at radius 2 is 2.04 bits per heavy atom. The lowest BCUT2D eigenvalue weighted by molar-refractivity contribution is -0.137. The Hall–Kier alpha value is -1.49. The van der Waals surface area contributed by atoms with E-state index in [1.807, 2.05) is 0 Å². The first-order valence-electron chi connectivity index (χ1n) is 8.25. The zero-order chi connectivity index (χ0) is 16.4. The van der Waals surface area contributed by atoms with Gasteiger partial charge >= 0.3 is 6.18 Å². The summed E-state index contributed by atoms with van der Waals surface area (Å²) in [5.74, 6) is 1.47. The highest BCUT2D eigenvalue weighted by molar-refractivity contribution is 5.86. The first kappa shape index (κ1) is 15.1. The summed E-state index contributed by atoms with van der Waals surface area (Å²) < 4.78 is 39.2. The van der Waals surface area contributed by atoms with E-state index in [0.717, 1.165) is 41.7 Å². The second-order valence-electron chi connectivity index (χ2n) is 7.24. The molecule has 1 saturated heterocycles. The van der Waals surface area contributed by atoms with Gasteiger partial charge in [0, 0.05) is 23.1 Å².